The van der Waals surface area contributed by atoms with E-state index >= 15 is 0 Å². The summed E-state index contributed by atoms with van der Waals surface area (Å²) >= 11 is 3.55. The molecule has 0 amide bonds. The van der Waals surface area contributed by atoms with Crippen molar-refractivity contribution in [1.29, 1.82) is 0 Å². The van der Waals surface area contributed by atoms with E-state index in [0.717, 1.165) is 59.0 Å². The molecule has 3 atom stereocenters. The van der Waals surface area contributed by atoms with Gasteiger partial charge in [-0.1, -0.05) is 0 Å². The van der Waals surface area contributed by atoms with E-state index in [1.165, 1.54) is 46.7 Å². The lowest BCUT2D eigenvalue weighted by Gasteiger charge is -2.14. The zero-order valence-electron chi connectivity index (χ0n) is 17.7. The van der Waals surface area contributed by atoms with Crippen LogP contribution in [0.4, 0.5) is 0 Å². The minimum atomic E-state index is 0. The van der Waals surface area contributed by atoms with Crippen molar-refractivity contribution < 1.29 is 7.65 Å². The van der Waals surface area contributed by atoms with Crippen molar-refractivity contribution in [2.24, 2.45) is 11.8 Å². The van der Waals surface area contributed by atoms with Crippen LogP contribution in [-0.2, 0) is 24.2 Å². The largest absolute Gasteiger partial charge is 0.313 e. The van der Waals surface area contributed by atoms with Gasteiger partial charge < -0.3 is 10.6 Å². The van der Waals surface area contributed by atoms with Crippen LogP contribution >= 0.6 is 22.7 Å². The molecule has 1 saturated heterocycles. The topological polar surface area (TPSA) is 66.9 Å². The van der Waals surface area contributed by atoms with Gasteiger partial charge in [-0.15, -0.1) is 22.7 Å². The predicted molar refractivity (Wildman–Crippen MR) is 131 cm³/mol. The van der Waals surface area contributed by atoms with Crippen molar-refractivity contribution in [1.82, 2.24) is 20.6 Å². The summed E-state index contributed by atoms with van der Waals surface area (Å²) in [6.45, 7) is 3.10. The summed E-state index contributed by atoms with van der Waals surface area (Å²) in [5.74, 6) is 2.05. The van der Waals surface area contributed by atoms with Crippen molar-refractivity contribution >= 4 is 38.7 Å². The smallest absolute Gasteiger partial charge is 0.138 e. The second-order valence-electron chi connectivity index (χ2n) is 9.21. The van der Waals surface area contributed by atoms with Gasteiger partial charge >= 0.3 is 0 Å². The van der Waals surface area contributed by atoms with Crippen molar-refractivity contribution in [3.05, 3.63) is 33.8 Å². The number of aromatic nitrogens is 2. The molecule has 3 aromatic heterocycles. The fraction of sp³-hybridized carbons (Fsp3) is 0.542. The van der Waals surface area contributed by atoms with Gasteiger partial charge in [-0.05, 0) is 68.7 Å². The van der Waals surface area contributed by atoms with E-state index in [4.69, 9.17) is 4.98 Å². The summed E-state index contributed by atoms with van der Waals surface area (Å²) in [7, 11) is 0. The van der Waals surface area contributed by atoms with Gasteiger partial charge in [0, 0.05) is 49.8 Å². The fourth-order valence-electron chi connectivity index (χ4n) is 5.85. The number of pyridine rings is 1. The number of hydrogen-bond donors (Lipinski definition) is 2. The maximum atomic E-state index is 13.0. The minimum absolute atomic E-state index is 0. The summed E-state index contributed by atoms with van der Waals surface area (Å²) in [5.41, 5.74) is 3.61. The van der Waals surface area contributed by atoms with Gasteiger partial charge in [-0.25, -0.2) is 4.98 Å². The third-order valence-corrected chi connectivity index (χ3v) is 9.65. The molecule has 7 heteroatoms. The Bertz CT molecular complexity index is 1080. The fourth-order valence-corrected chi connectivity index (χ4v) is 8.30. The Morgan fingerprint density at radius 3 is 3.06 bits per heavy atom. The zero-order chi connectivity index (χ0) is 20.8. The molecule has 2 bridgehead atoms. The van der Waals surface area contributed by atoms with Crippen molar-refractivity contribution in [3.8, 4) is 10.6 Å². The molecule has 2 fully saturated rings. The number of carbonyl (C=O) groups excluding carboxylic acids is 1. The first-order valence-corrected chi connectivity index (χ1v) is 13.2. The number of hydrogen-bond acceptors (Lipinski definition) is 7. The van der Waals surface area contributed by atoms with E-state index < -0.39 is 0 Å². The number of carbonyl (C=O) groups is 1. The molecular formula is C24H32N4OS2. The molecule has 3 aromatic rings. The lowest BCUT2D eigenvalue weighted by Crippen LogP contribution is -2.25. The lowest BCUT2D eigenvalue weighted by molar-refractivity contribution is -0.118. The Morgan fingerprint density at radius 2 is 2.26 bits per heavy atom. The second-order valence-corrected chi connectivity index (χ2v) is 11.4. The van der Waals surface area contributed by atoms with E-state index in [1.807, 2.05) is 29.8 Å². The number of thiazole rings is 1. The van der Waals surface area contributed by atoms with Crippen LogP contribution in [0.15, 0.2) is 18.5 Å². The molecule has 6 rings (SSSR count). The molecule has 2 N–H and O–H groups in total. The highest BCUT2D eigenvalue weighted by Crippen LogP contribution is 2.42. The first-order valence-electron chi connectivity index (χ1n) is 11.6. The number of fused-ring (bicyclic) bond motifs is 4. The molecule has 0 aromatic carbocycles. The summed E-state index contributed by atoms with van der Waals surface area (Å²) in [6.07, 6.45) is 10.9. The van der Waals surface area contributed by atoms with Crippen LogP contribution in [0.3, 0.4) is 0 Å². The normalized spacial score (nSPS) is 24.7. The maximum absolute atomic E-state index is 13.0. The average molecular weight is 457 g/mol. The Morgan fingerprint density at radius 1 is 1.29 bits per heavy atom. The van der Waals surface area contributed by atoms with E-state index in [1.54, 1.807) is 11.3 Å². The summed E-state index contributed by atoms with van der Waals surface area (Å²) < 4.78 is 1.16. The van der Waals surface area contributed by atoms with Gasteiger partial charge in [0.05, 0.1) is 10.9 Å². The van der Waals surface area contributed by atoms with Crippen molar-refractivity contribution in [2.75, 3.05) is 13.1 Å². The van der Waals surface area contributed by atoms with E-state index in [0.29, 0.717) is 18.6 Å². The van der Waals surface area contributed by atoms with Gasteiger partial charge in [0.2, 0.25) is 0 Å². The highest BCUT2D eigenvalue weighted by molar-refractivity contribution is 7.22. The molecule has 0 spiro atoms. The van der Waals surface area contributed by atoms with E-state index in [-0.39, 0.29) is 2.85 Å². The maximum Gasteiger partial charge on any atom is 0.138 e. The highest BCUT2D eigenvalue weighted by atomic mass is 32.1. The van der Waals surface area contributed by atoms with Gasteiger partial charge in [-0.3, -0.25) is 9.78 Å². The summed E-state index contributed by atoms with van der Waals surface area (Å²) in [5, 5.41) is 8.19. The highest BCUT2D eigenvalue weighted by Gasteiger charge is 2.40. The molecule has 5 nitrogen and oxygen atoms in total. The monoisotopic (exact) mass is 456 g/mol. The SMILES string of the molecule is O=C(CCC[C@@H]1C2CCC1NC2)Cc1sc2c(c1-c1nc3cnccc3s1)CCNC2.[HH].[HH]. The Balaban J connectivity index is 0.00000130. The molecule has 2 unspecified atom stereocenters. The number of rotatable bonds is 7. The molecule has 1 saturated carbocycles. The Hall–Kier alpha value is -1.67. The summed E-state index contributed by atoms with van der Waals surface area (Å²) in [4.78, 5) is 24.7. The van der Waals surface area contributed by atoms with Crippen LogP contribution in [0.5, 0.6) is 0 Å². The number of Topliss-reactive ketones (excluding diaryl/α,β-unsaturated/α-hetero) is 1. The molecule has 5 heterocycles. The molecule has 31 heavy (non-hydrogen) atoms. The number of piperidine rings is 1. The molecule has 166 valence electrons. The first-order chi connectivity index (χ1) is 15.3. The standard InChI is InChI=1S/C24H28N4OS2.2H2/c29-15(2-1-3-16-14-4-5-18(16)27-11-14)10-21-23(17-6-8-26-13-22(17)30-21)24-28-19-12-25-9-7-20(19)31-24;;/h7,9,12,14,16,18,26-27H,1-6,8,10-11,13H2;2*1H/t14?,16-,18?;;/m1../s1. The van der Waals surface area contributed by atoms with Crippen LogP contribution in [0.1, 0.15) is 50.3 Å². The first kappa shape index (κ1) is 20.0. The third-order valence-electron chi connectivity index (χ3n) is 7.37. The Labute approximate surface area is 193 Å². The lowest BCUT2D eigenvalue weighted by atomic mass is 9.91. The van der Waals surface area contributed by atoms with Crippen LogP contribution < -0.4 is 10.6 Å². The number of thiophene rings is 1. The number of ketones is 1. The number of nitrogens with zero attached hydrogens (tertiary/aromatic N) is 2. The van der Waals surface area contributed by atoms with Gasteiger partial charge in [0.25, 0.3) is 0 Å². The third kappa shape index (κ3) is 3.75. The van der Waals surface area contributed by atoms with Gasteiger partial charge in [0.1, 0.15) is 16.3 Å². The summed E-state index contributed by atoms with van der Waals surface area (Å²) in [6, 6.07) is 2.75. The zero-order valence-corrected chi connectivity index (χ0v) is 19.3. The van der Waals surface area contributed by atoms with Crippen LogP contribution in [0.25, 0.3) is 20.8 Å². The second kappa shape index (κ2) is 8.35. The van der Waals surface area contributed by atoms with E-state index in [9.17, 15) is 4.79 Å². The van der Waals surface area contributed by atoms with Crippen LogP contribution in [-0.4, -0.2) is 34.9 Å². The van der Waals surface area contributed by atoms with E-state index in [2.05, 4.69) is 15.6 Å². The van der Waals surface area contributed by atoms with Crippen LogP contribution in [0.2, 0.25) is 0 Å². The number of nitrogens with one attached hydrogen (secondary N) is 2. The Kier molecular flexibility index (Phi) is 5.38. The van der Waals surface area contributed by atoms with Crippen LogP contribution in [0, 0.1) is 11.8 Å². The van der Waals surface area contributed by atoms with Gasteiger partial charge in [0.15, 0.2) is 0 Å². The van der Waals surface area contributed by atoms with Gasteiger partial charge in [-0.2, -0.15) is 0 Å². The molecule has 0 radical (unpaired) electrons. The van der Waals surface area contributed by atoms with Crippen molar-refractivity contribution in [3.63, 3.8) is 0 Å². The minimum Gasteiger partial charge on any atom is -0.313 e. The average Bonchev–Trinajstić information content (AvgIpc) is 3.54. The van der Waals surface area contributed by atoms with Crippen molar-refractivity contribution in [2.45, 2.75) is 57.5 Å². The quantitative estimate of drug-likeness (QED) is 0.533. The molecular weight excluding hydrogens is 424 g/mol. The molecule has 3 aliphatic rings. The predicted octanol–water partition coefficient (Wildman–Crippen LogP) is 4.84. The molecule has 2 aliphatic heterocycles. The molecule has 1 aliphatic carbocycles.